The third kappa shape index (κ3) is 3.98. The molecule has 1 atom stereocenters. The van der Waals surface area contributed by atoms with E-state index in [0.717, 1.165) is 4.90 Å². The Kier molecular flexibility index (Phi) is 5.25. The predicted octanol–water partition coefficient (Wildman–Crippen LogP) is 1.34. The van der Waals surface area contributed by atoms with E-state index in [1.807, 2.05) is 13.8 Å². The van der Waals surface area contributed by atoms with Gasteiger partial charge in [-0.25, -0.2) is 0 Å². The fourth-order valence-electron chi connectivity index (χ4n) is 2.21. The van der Waals surface area contributed by atoms with Gasteiger partial charge < -0.3 is 15.0 Å². The molecule has 0 saturated carbocycles. The molecule has 1 unspecified atom stereocenters. The van der Waals surface area contributed by atoms with Gasteiger partial charge in [0.05, 0.1) is 13.2 Å². The molecule has 114 valence electrons. The smallest absolute Gasteiger partial charge is 0.254 e. The summed E-state index contributed by atoms with van der Waals surface area (Å²) >= 11 is 4.21. The Morgan fingerprint density at radius 1 is 1.33 bits per heavy atom. The van der Waals surface area contributed by atoms with E-state index in [9.17, 15) is 9.59 Å². The SMILES string of the molecule is CC(C)NC(=O)C1COCCN1C(=O)c1ccc(S)cc1. The minimum atomic E-state index is -0.579. The highest BCUT2D eigenvalue weighted by molar-refractivity contribution is 7.80. The topological polar surface area (TPSA) is 58.6 Å². The van der Waals surface area contributed by atoms with E-state index in [-0.39, 0.29) is 24.5 Å². The first-order chi connectivity index (χ1) is 9.99. The van der Waals surface area contributed by atoms with E-state index in [0.29, 0.717) is 18.7 Å². The van der Waals surface area contributed by atoms with Crippen molar-refractivity contribution < 1.29 is 14.3 Å². The van der Waals surface area contributed by atoms with Crippen LogP contribution in [-0.2, 0) is 9.53 Å². The molecule has 1 aliphatic rings. The lowest BCUT2D eigenvalue weighted by molar-refractivity contribution is -0.131. The third-order valence-electron chi connectivity index (χ3n) is 3.24. The van der Waals surface area contributed by atoms with Crippen LogP contribution in [0.5, 0.6) is 0 Å². The van der Waals surface area contributed by atoms with E-state index in [1.54, 1.807) is 29.2 Å². The van der Waals surface area contributed by atoms with Crippen molar-refractivity contribution in [3.05, 3.63) is 29.8 Å². The van der Waals surface area contributed by atoms with Crippen molar-refractivity contribution in [3.63, 3.8) is 0 Å². The summed E-state index contributed by atoms with van der Waals surface area (Å²) in [6, 6.07) is 6.42. The minimum absolute atomic E-state index is 0.0276. The molecule has 2 rings (SSSR count). The molecule has 21 heavy (non-hydrogen) atoms. The molecule has 5 nitrogen and oxygen atoms in total. The number of thiol groups is 1. The van der Waals surface area contributed by atoms with Gasteiger partial charge in [0.2, 0.25) is 5.91 Å². The summed E-state index contributed by atoms with van der Waals surface area (Å²) in [6.45, 7) is 4.87. The van der Waals surface area contributed by atoms with E-state index < -0.39 is 6.04 Å². The van der Waals surface area contributed by atoms with Crippen molar-refractivity contribution in [3.8, 4) is 0 Å². The molecule has 1 aromatic carbocycles. The Hall–Kier alpha value is -1.53. The standard InChI is InChI=1S/C15H20N2O3S/c1-10(2)16-14(18)13-9-20-8-7-17(13)15(19)11-3-5-12(21)6-4-11/h3-6,10,13,21H,7-9H2,1-2H3,(H,16,18). The van der Waals surface area contributed by atoms with Crippen LogP contribution >= 0.6 is 12.6 Å². The number of rotatable bonds is 3. The number of hydrogen-bond donors (Lipinski definition) is 2. The van der Waals surface area contributed by atoms with Crippen LogP contribution in [0.4, 0.5) is 0 Å². The molecule has 1 fully saturated rings. The lowest BCUT2D eigenvalue weighted by atomic mass is 10.1. The number of carbonyl (C=O) groups excluding carboxylic acids is 2. The van der Waals surface area contributed by atoms with Gasteiger partial charge in [-0.15, -0.1) is 12.6 Å². The van der Waals surface area contributed by atoms with E-state index >= 15 is 0 Å². The van der Waals surface area contributed by atoms with Crippen LogP contribution in [0.15, 0.2) is 29.2 Å². The number of ether oxygens (including phenoxy) is 1. The Labute approximate surface area is 130 Å². The maximum atomic E-state index is 12.6. The molecular formula is C15H20N2O3S. The molecule has 1 saturated heterocycles. The zero-order valence-corrected chi connectivity index (χ0v) is 13.1. The number of hydrogen-bond acceptors (Lipinski definition) is 4. The van der Waals surface area contributed by atoms with Crippen LogP contribution in [-0.4, -0.2) is 48.6 Å². The van der Waals surface area contributed by atoms with Gasteiger partial charge in [-0.05, 0) is 38.1 Å². The van der Waals surface area contributed by atoms with E-state index in [4.69, 9.17) is 4.74 Å². The summed E-state index contributed by atoms with van der Waals surface area (Å²) in [5.74, 6) is -0.334. The van der Waals surface area contributed by atoms with Crippen LogP contribution in [0.2, 0.25) is 0 Å². The van der Waals surface area contributed by atoms with Crippen LogP contribution in [0.25, 0.3) is 0 Å². The summed E-state index contributed by atoms with van der Waals surface area (Å²) in [5.41, 5.74) is 0.553. The van der Waals surface area contributed by atoms with Crippen molar-refractivity contribution in [2.24, 2.45) is 0 Å². The summed E-state index contributed by atoms with van der Waals surface area (Å²) in [6.07, 6.45) is 0. The number of nitrogens with one attached hydrogen (secondary N) is 1. The minimum Gasteiger partial charge on any atom is -0.377 e. The second-order valence-corrected chi connectivity index (χ2v) is 5.82. The Bertz CT molecular complexity index is 516. The fraction of sp³-hybridized carbons (Fsp3) is 0.467. The van der Waals surface area contributed by atoms with Gasteiger partial charge in [-0.2, -0.15) is 0 Å². The van der Waals surface area contributed by atoms with Crippen LogP contribution in [0.1, 0.15) is 24.2 Å². The molecule has 1 N–H and O–H groups in total. The second kappa shape index (κ2) is 6.95. The average Bonchev–Trinajstić information content (AvgIpc) is 2.46. The summed E-state index contributed by atoms with van der Waals surface area (Å²) < 4.78 is 5.35. The number of nitrogens with zero attached hydrogens (tertiary/aromatic N) is 1. The van der Waals surface area contributed by atoms with Gasteiger partial charge in [-0.1, -0.05) is 0 Å². The Morgan fingerprint density at radius 2 is 2.00 bits per heavy atom. The Balaban J connectivity index is 2.16. The molecule has 0 spiro atoms. The molecule has 0 aromatic heterocycles. The van der Waals surface area contributed by atoms with E-state index in [2.05, 4.69) is 17.9 Å². The number of benzene rings is 1. The van der Waals surface area contributed by atoms with Crippen molar-refractivity contribution in [1.82, 2.24) is 10.2 Å². The molecule has 1 aromatic rings. The van der Waals surface area contributed by atoms with Gasteiger partial charge >= 0.3 is 0 Å². The molecule has 0 bridgehead atoms. The molecule has 0 radical (unpaired) electrons. The highest BCUT2D eigenvalue weighted by atomic mass is 32.1. The first-order valence-corrected chi connectivity index (χ1v) is 7.42. The zero-order chi connectivity index (χ0) is 15.4. The molecular weight excluding hydrogens is 288 g/mol. The maximum Gasteiger partial charge on any atom is 0.254 e. The highest BCUT2D eigenvalue weighted by Gasteiger charge is 2.33. The largest absolute Gasteiger partial charge is 0.377 e. The molecule has 1 aliphatic heterocycles. The quantitative estimate of drug-likeness (QED) is 0.829. The lowest BCUT2D eigenvalue weighted by Gasteiger charge is -2.35. The zero-order valence-electron chi connectivity index (χ0n) is 12.2. The van der Waals surface area contributed by atoms with Crippen molar-refractivity contribution in [1.29, 1.82) is 0 Å². The summed E-state index contributed by atoms with van der Waals surface area (Å²) in [4.78, 5) is 27.2. The van der Waals surface area contributed by atoms with Crippen LogP contribution in [0.3, 0.4) is 0 Å². The third-order valence-corrected chi connectivity index (χ3v) is 3.54. The molecule has 0 aliphatic carbocycles. The van der Waals surface area contributed by atoms with Gasteiger partial charge in [-0.3, -0.25) is 9.59 Å². The van der Waals surface area contributed by atoms with Crippen molar-refractivity contribution >= 4 is 24.4 Å². The number of amides is 2. The average molecular weight is 308 g/mol. The maximum absolute atomic E-state index is 12.6. The van der Waals surface area contributed by atoms with Gasteiger partial charge in [0.15, 0.2) is 0 Å². The van der Waals surface area contributed by atoms with Crippen LogP contribution < -0.4 is 5.32 Å². The summed E-state index contributed by atoms with van der Waals surface area (Å²) in [7, 11) is 0. The predicted molar refractivity (Wildman–Crippen MR) is 82.6 cm³/mol. The Morgan fingerprint density at radius 3 is 2.62 bits per heavy atom. The first-order valence-electron chi connectivity index (χ1n) is 6.97. The number of carbonyl (C=O) groups is 2. The fourth-order valence-corrected chi connectivity index (χ4v) is 2.36. The highest BCUT2D eigenvalue weighted by Crippen LogP contribution is 2.15. The molecule has 2 amide bonds. The van der Waals surface area contributed by atoms with Gasteiger partial charge in [0.25, 0.3) is 5.91 Å². The lowest BCUT2D eigenvalue weighted by Crippen LogP contribution is -2.56. The van der Waals surface area contributed by atoms with Crippen molar-refractivity contribution in [2.75, 3.05) is 19.8 Å². The van der Waals surface area contributed by atoms with Gasteiger partial charge in [0, 0.05) is 23.0 Å². The molecule has 6 heteroatoms. The monoisotopic (exact) mass is 308 g/mol. The molecule has 1 heterocycles. The van der Waals surface area contributed by atoms with Crippen molar-refractivity contribution in [2.45, 2.75) is 30.8 Å². The summed E-state index contributed by atoms with van der Waals surface area (Å²) in [5, 5.41) is 2.83. The van der Waals surface area contributed by atoms with E-state index in [1.165, 1.54) is 0 Å². The number of morpholine rings is 1. The first kappa shape index (κ1) is 15.9. The van der Waals surface area contributed by atoms with Gasteiger partial charge in [0.1, 0.15) is 6.04 Å². The second-order valence-electron chi connectivity index (χ2n) is 5.30. The van der Waals surface area contributed by atoms with Crippen LogP contribution in [0, 0.1) is 0 Å². The normalized spacial score (nSPS) is 18.7.